The quantitative estimate of drug-likeness (QED) is 0.146. The van der Waals surface area contributed by atoms with Gasteiger partial charge in [-0.3, -0.25) is 19.2 Å². The van der Waals surface area contributed by atoms with Crippen molar-refractivity contribution in [3.63, 3.8) is 0 Å². The molecule has 3 amide bonds. The summed E-state index contributed by atoms with van der Waals surface area (Å²) in [6.07, 6.45) is 6.97. The Kier molecular flexibility index (Phi) is 12.6. The van der Waals surface area contributed by atoms with E-state index in [0.29, 0.717) is 56.5 Å². The first-order chi connectivity index (χ1) is 19.9. The molecule has 0 aromatic heterocycles. The van der Waals surface area contributed by atoms with Crippen LogP contribution in [0.4, 0.5) is 5.69 Å². The molecular formula is C30H40N4O7. The number of rotatable bonds is 18. The molecule has 3 rings (SSSR count). The Bertz CT molecular complexity index is 1180. The standard InChI is InChI=1S/C30H40N4O7/c1-20(31-12-14-35)4-2-6-29(39)33-21-8-10-23-24-11-9-22(17-26(24)27(18-41-19-37)25(23)16-21)34-30(40)7-3-5-28(38)32-13-15-36/h8-9,11,16-17,19,23,27,31,35-36H,1-7,10,12-15,18H2,(H,32,38)(H,33,39)(H,34,40). The molecule has 2 aliphatic rings. The molecule has 11 nitrogen and oxygen atoms in total. The first-order valence-corrected chi connectivity index (χ1v) is 14.0. The Balaban J connectivity index is 1.60. The van der Waals surface area contributed by atoms with Crippen LogP contribution in [0.15, 0.2) is 53.9 Å². The first-order valence-electron chi connectivity index (χ1n) is 14.0. The molecule has 41 heavy (non-hydrogen) atoms. The van der Waals surface area contributed by atoms with Crippen LogP contribution >= 0.6 is 0 Å². The fourth-order valence-corrected chi connectivity index (χ4v) is 5.15. The molecule has 0 spiro atoms. The summed E-state index contributed by atoms with van der Waals surface area (Å²) >= 11 is 0. The summed E-state index contributed by atoms with van der Waals surface area (Å²) in [6.45, 7) is 4.97. The van der Waals surface area contributed by atoms with Gasteiger partial charge in [-0.1, -0.05) is 18.7 Å². The predicted molar refractivity (Wildman–Crippen MR) is 154 cm³/mol. The molecule has 2 atom stereocenters. The summed E-state index contributed by atoms with van der Waals surface area (Å²) in [5, 5.41) is 29.1. The van der Waals surface area contributed by atoms with Crippen LogP contribution in [0.2, 0.25) is 0 Å². The number of allylic oxidation sites excluding steroid dienone is 3. The van der Waals surface area contributed by atoms with Crippen LogP contribution in [0.3, 0.4) is 0 Å². The number of aliphatic hydroxyl groups excluding tert-OH is 2. The highest BCUT2D eigenvalue weighted by Gasteiger charge is 2.37. The first kappa shape index (κ1) is 31.6. The van der Waals surface area contributed by atoms with Gasteiger partial charge in [-0.05, 0) is 60.6 Å². The predicted octanol–water partition coefficient (Wildman–Crippen LogP) is 1.85. The van der Waals surface area contributed by atoms with Gasteiger partial charge in [-0.15, -0.1) is 0 Å². The van der Waals surface area contributed by atoms with Gasteiger partial charge in [0.05, 0.1) is 13.2 Å². The number of fused-ring (bicyclic) bond motifs is 3. The van der Waals surface area contributed by atoms with Gasteiger partial charge in [-0.2, -0.15) is 0 Å². The van der Waals surface area contributed by atoms with E-state index in [-0.39, 0.29) is 68.8 Å². The average Bonchev–Trinajstić information content (AvgIpc) is 3.25. The molecule has 0 heterocycles. The fourth-order valence-electron chi connectivity index (χ4n) is 5.15. The van der Waals surface area contributed by atoms with Crippen LogP contribution in [0.5, 0.6) is 0 Å². The van der Waals surface area contributed by atoms with E-state index in [2.05, 4.69) is 27.8 Å². The molecule has 0 saturated heterocycles. The summed E-state index contributed by atoms with van der Waals surface area (Å²) in [6, 6.07) is 5.71. The number of benzene rings is 1. The maximum atomic E-state index is 12.6. The van der Waals surface area contributed by atoms with Gasteiger partial charge in [0.15, 0.2) is 0 Å². The minimum atomic E-state index is -0.214. The molecule has 2 aliphatic carbocycles. The van der Waals surface area contributed by atoms with Crippen molar-refractivity contribution in [1.82, 2.24) is 16.0 Å². The number of hydrogen-bond donors (Lipinski definition) is 6. The topological polar surface area (TPSA) is 166 Å². The van der Waals surface area contributed by atoms with Gasteiger partial charge >= 0.3 is 0 Å². The third-order valence-corrected chi connectivity index (χ3v) is 7.05. The molecule has 222 valence electrons. The van der Waals surface area contributed by atoms with E-state index in [9.17, 15) is 19.2 Å². The molecule has 0 saturated carbocycles. The van der Waals surface area contributed by atoms with Gasteiger partial charge in [0, 0.05) is 61.3 Å². The second kappa shape index (κ2) is 16.3. The van der Waals surface area contributed by atoms with Crippen molar-refractivity contribution in [3.8, 4) is 0 Å². The number of hydrogen-bond acceptors (Lipinski definition) is 8. The van der Waals surface area contributed by atoms with Crippen molar-refractivity contribution >= 4 is 29.9 Å². The van der Waals surface area contributed by atoms with Gasteiger partial charge < -0.3 is 36.2 Å². The molecule has 6 N–H and O–H groups in total. The van der Waals surface area contributed by atoms with E-state index in [4.69, 9.17) is 14.9 Å². The summed E-state index contributed by atoms with van der Waals surface area (Å²) in [7, 11) is 0. The number of aliphatic hydroxyl groups is 2. The number of carbonyl (C=O) groups is 4. The average molecular weight is 569 g/mol. The lowest BCUT2D eigenvalue weighted by atomic mass is 9.87. The van der Waals surface area contributed by atoms with Gasteiger partial charge in [0.1, 0.15) is 6.61 Å². The van der Waals surface area contributed by atoms with E-state index >= 15 is 0 Å². The van der Waals surface area contributed by atoms with E-state index in [0.717, 1.165) is 22.4 Å². The molecule has 0 fully saturated rings. The molecule has 11 heteroatoms. The number of carbonyl (C=O) groups excluding carboxylic acids is 4. The van der Waals surface area contributed by atoms with Crippen LogP contribution in [-0.2, 0) is 23.9 Å². The lowest BCUT2D eigenvalue weighted by molar-refractivity contribution is -0.129. The summed E-state index contributed by atoms with van der Waals surface area (Å²) in [5.41, 5.74) is 5.19. The second-order valence-electron chi connectivity index (χ2n) is 10.0. The Labute approximate surface area is 240 Å². The van der Waals surface area contributed by atoms with Crippen LogP contribution in [0.25, 0.3) is 0 Å². The fraction of sp³-hybridized carbons (Fsp3) is 0.467. The van der Waals surface area contributed by atoms with E-state index in [1.54, 1.807) is 0 Å². The van der Waals surface area contributed by atoms with Crippen molar-refractivity contribution < 1.29 is 34.1 Å². The second-order valence-corrected chi connectivity index (χ2v) is 10.0. The third-order valence-electron chi connectivity index (χ3n) is 7.05. The highest BCUT2D eigenvalue weighted by atomic mass is 16.5. The zero-order chi connectivity index (χ0) is 29.6. The van der Waals surface area contributed by atoms with E-state index in [1.807, 2.05) is 30.4 Å². The van der Waals surface area contributed by atoms with Crippen molar-refractivity contribution in [1.29, 1.82) is 0 Å². The highest BCUT2D eigenvalue weighted by molar-refractivity contribution is 5.91. The number of anilines is 1. The molecule has 1 aromatic carbocycles. The molecule has 0 bridgehead atoms. The maximum absolute atomic E-state index is 12.6. The van der Waals surface area contributed by atoms with Crippen LogP contribution in [0, 0.1) is 0 Å². The molecule has 1 aromatic rings. The van der Waals surface area contributed by atoms with E-state index in [1.165, 1.54) is 0 Å². The normalized spacial score (nSPS) is 16.8. The SMILES string of the molecule is C=C(CCCC(=O)NC1=CCC2C(=C1)C(COC=O)c1cc(NC(=O)CCCC(=O)NCCO)ccc12)NCCO. The number of nitrogens with one attached hydrogen (secondary N) is 4. The largest absolute Gasteiger partial charge is 0.467 e. The summed E-state index contributed by atoms with van der Waals surface area (Å²) < 4.78 is 5.17. The molecular weight excluding hydrogens is 528 g/mol. The Hall–Kier alpha value is -3.96. The summed E-state index contributed by atoms with van der Waals surface area (Å²) in [4.78, 5) is 47.7. The monoisotopic (exact) mass is 568 g/mol. The van der Waals surface area contributed by atoms with Crippen LogP contribution in [-0.4, -0.2) is 67.3 Å². The van der Waals surface area contributed by atoms with Crippen LogP contribution < -0.4 is 21.3 Å². The maximum Gasteiger partial charge on any atom is 0.293 e. The lowest BCUT2D eigenvalue weighted by Crippen LogP contribution is -2.26. The van der Waals surface area contributed by atoms with Crippen molar-refractivity contribution in [3.05, 3.63) is 65.0 Å². The Morgan fingerprint density at radius 3 is 2.34 bits per heavy atom. The number of ether oxygens (including phenoxy) is 1. The van der Waals surface area contributed by atoms with Gasteiger partial charge in [0.25, 0.3) is 6.47 Å². The van der Waals surface area contributed by atoms with Crippen molar-refractivity contribution in [2.75, 3.05) is 38.2 Å². The van der Waals surface area contributed by atoms with Gasteiger partial charge in [-0.25, -0.2) is 0 Å². The van der Waals surface area contributed by atoms with E-state index < -0.39 is 0 Å². The summed E-state index contributed by atoms with van der Waals surface area (Å²) in [5.74, 6) is -0.661. The van der Waals surface area contributed by atoms with Crippen LogP contribution in [0.1, 0.15) is 67.9 Å². The minimum absolute atomic E-state index is 0.0244. The molecule has 0 radical (unpaired) electrons. The third kappa shape index (κ3) is 9.58. The molecule has 2 unspecified atom stereocenters. The van der Waals surface area contributed by atoms with Crippen molar-refractivity contribution in [2.45, 2.75) is 56.8 Å². The highest BCUT2D eigenvalue weighted by Crippen LogP contribution is 2.50. The minimum Gasteiger partial charge on any atom is -0.467 e. The van der Waals surface area contributed by atoms with Gasteiger partial charge in [0.2, 0.25) is 17.7 Å². The Morgan fingerprint density at radius 1 is 0.927 bits per heavy atom. The molecule has 0 aliphatic heterocycles. The smallest absolute Gasteiger partial charge is 0.293 e. The zero-order valence-electron chi connectivity index (χ0n) is 23.2. The zero-order valence-corrected chi connectivity index (χ0v) is 23.2. The number of amides is 3. The lowest BCUT2D eigenvalue weighted by Gasteiger charge is -2.22. The van der Waals surface area contributed by atoms with Crippen molar-refractivity contribution in [2.24, 2.45) is 0 Å². The Morgan fingerprint density at radius 2 is 1.61 bits per heavy atom.